The Kier molecular flexibility index (Phi) is 3.58. The number of hydrogen-bond donors (Lipinski definition) is 1. The average molecular weight is 291 g/mol. The first kappa shape index (κ1) is 13.8. The second kappa shape index (κ2) is 5.70. The summed E-state index contributed by atoms with van der Waals surface area (Å²) in [6.45, 7) is 1.97. The highest BCUT2D eigenvalue weighted by Gasteiger charge is 2.13. The Morgan fingerprint density at radius 1 is 1.32 bits per heavy atom. The fourth-order valence-corrected chi connectivity index (χ4v) is 2.27. The van der Waals surface area contributed by atoms with Crippen LogP contribution >= 0.6 is 0 Å². The number of benzene rings is 2. The molecule has 1 N–H and O–H groups in total. The maximum absolute atomic E-state index is 12.2. The van der Waals surface area contributed by atoms with Gasteiger partial charge in [-0.15, -0.1) is 0 Å². The topological polar surface area (TPSA) is 78.9 Å². The summed E-state index contributed by atoms with van der Waals surface area (Å²) in [5.41, 5.74) is 3.25. The van der Waals surface area contributed by atoms with Crippen molar-refractivity contribution in [2.45, 2.75) is 13.3 Å². The van der Waals surface area contributed by atoms with Gasteiger partial charge in [0.05, 0.1) is 17.7 Å². The van der Waals surface area contributed by atoms with Crippen LogP contribution in [0, 0.1) is 18.3 Å². The van der Waals surface area contributed by atoms with E-state index in [-0.39, 0.29) is 12.3 Å². The van der Waals surface area contributed by atoms with Crippen molar-refractivity contribution >= 4 is 22.6 Å². The molecular formula is C17H13N3O2. The second-order valence-corrected chi connectivity index (χ2v) is 5.01. The molecule has 0 atom stereocenters. The lowest BCUT2D eigenvalue weighted by molar-refractivity contribution is -0.115. The molecule has 108 valence electrons. The molecule has 1 aromatic heterocycles. The van der Waals surface area contributed by atoms with E-state index >= 15 is 0 Å². The number of nitrogens with zero attached hydrogens (tertiary/aromatic N) is 2. The fourth-order valence-electron chi connectivity index (χ4n) is 2.27. The third-order valence-corrected chi connectivity index (χ3v) is 3.35. The highest BCUT2D eigenvalue weighted by Crippen LogP contribution is 2.21. The first-order chi connectivity index (χ1) is 10.7. The maximum atomic E-state index is 12.2. The van der Waals surface area contributed by atoms with Gasteiger partial charge in [0.15, 0.2) is 5.58 Å². The largest absolute Gasteiger partial charge is 0.356 e. The van der Waals surface area contributed by atoms with Crippen LogP contribution in [0.1, 0.15) is 16.8 Å². The van der Waals surface area contributed by atoms with Gasteiger partial charge in [0.25, 0.3) is 0 Å². The first-order valence-corrected chi connectivity index (χ1v) is 6.81. The van der Waals surface area contributed by atoms with Crippen LogP contribution in [0.3, 0.4) is 0 Å². The van der Waals surface area contributed by atoms with Crippen molar-refractivity contribution in [2.75, 3.05) is 5.32 Å². The molecule has 0 bridgehead atoms. The van der Waals surface area contributed by atoms with Crippen molar-refractivity contribution in [3.63, 3.8) is 0 Å². The Morgan fingerprint density at radius 2 is 2.14 bits per heavy atom. The van der Waals surface area contributed by atoms with E-state index in [0.717, 1.165) is 10.9 Å². The van der Waals surface area contributed by atoms with Crippen LogP contribution in [0.25, 0.3) is 11.0 Å². The summed E-state index contributed by atoms with van der Waals surface area (Å²) >= 11 is 0. The number of aryl methyl sites for hydroxylation is 1. The van der Waals surface area contributed by atoms with Crippen molar-refractivity contribution in [3.05, 3.63) is 59.3 Å². The van der Waals surface area contributed by atoms with Gasteiger partial charge in [-0.1, -0.05) is 28.9 Å². The Morgan fingerprint density at radius 3 is 2.95 bits per heavy atom. The monoisotopic (exact) mass is 291 g/mol. The molecule has 3 rings (SSSR count). The van der Waals surface area contributed by atoms with E-state index in [9.17, 15) is 4.79 Å². The SMILES string of the molecule is Cc1ccc2onc(CC(=O)Nc3ccccc3C#N)c2c1. The molecule has 3 aromatic rings. The third-order valence-electron chi connectivity index (χ3n) is 3.35. The van der Waals surface area contributed by atoms with E-state index < -0.39 is 0 Å². The Hall–Kier alpha value is -3.13. The summed E-state index contributed by atoms with van der Waals surface area (Å²) in [6, 6.07) is 14.6. The molecule has 2 aromatic carbocycles. The van der Waals surface area contributed by atoms with E-state index in [1.165, 1.54) is 0 Å². The van der Waals surface area contributed by atoms with Crippen LogP contribution in [0.4, 0.5) is 5.69 Å². The molecule has 5 heteroatoms. The van der Waals surface area contributed by atoms with Crippen molar-refractivity contribution < 1.29 is 9.32 Å². The second-order valence-electron chi connectivity index (χ2n) is 5.01. The number of nitrogens with one attached hydrogen (secondary N) is 1. The lowest BCUT2D eigenvalue weighted by atomic mass is 10.1. The van der Waals surface area contributed by atoms with Gasteiger partial charge in [0, 0.05) is 5.39 Å². The third kappa shape index (κ3) is 2.67. The number of nitriles is 1. The van der Waals surface area contributed by atoms with Gasteiger partial charge in [-0.25, -0.2) is 0 Å². The molecule has 0 saturated carbocycles. The number of hydrogen-bond acceptors (Lipinski definition) is 4. The molecule has 0 aliphatic carbocycles. The minimum atomic E-state index is -0.237. The quantitative estimate of drug-likeness (QED) is 0.803. The lowest BCUT2D eigenvalue weighted by Gasteiger charge is -2.05. The zero-order chi connectivity index (χ0) is 15.5. The van der Waals surface area contributed by atoms with Crippen molar-refractivity contribution in [1.82, 2.24) is 5.16 Å². The van der Waals surface area contributed by atoms with Crippen molar-refractivity contribution in [1.29, 1.82) is 5.26 Å². The van der Waals surface area contributed by atoms with Crippen LogP contribution in [-0.4, -0.2) is 11.1 Å². The minimum absolute atomic E-state index is 0.0935. The highest BCUT2D eigenvalue weighted by molar-refractivity contribution is 5.95. The number of anilines is 1. The number of para-hydroxylation sites is 1. The number of aromatic nitrogens is 1. The van der Waals surface area contributed by atoms with Crippen molar-refractivity contribution in [3.8, 4) is 6.07 Å². The van der Waals surface area contributed by atoms with Crippen LogP contribution in [0.15, 0.2) is 47.0 Å². The molecular weight excluding hydrogens is 278 g/mol. The molecule has 0 aliphatic heterocycles. The molecule has 0 radical (unpaired) electrons. The molecule has 1 amide bonds. The van der Waals surface area contributed by atoms with E-state index in [4.69, 9.17) is 9.78 Å². The number of carbonyl (C=O) groups is 1. The molecule has 5 nitrogen and oxygen atoms in total. The van der Waals surface area contributed by atoms with E-state index in [0.29, 0.717) is 22.5 Å². The van der Waals surface area contributed by atoms with Gasteiger partial charge in [-0.05, 0) is 31.2 Å². The molecule has 0 fully saturated rings. The number of amides is 1. The number of carbonyl (C=O) groups excluding carboxylic acids is 1. The standard InChI is InChI=1S/C17H13N3O2/c1-11-6-7-16-13(8-11)15(20-22-16)9-17(21)19-14-5-3-2-4-12(14)10-18/h2-8H,9H2,1H3,(H,19,21). The number of fused-ring (bicyclic) bond motifs is 1. The van der Waals surface area contributed by atoms with Gasteiger partial charge in [0.1, 0.15) is 11.8 Å². The van der Waals surface area contributed by atoms with Gasteiger partial charge in [-0.3, -0.25) is 4.79 Å². The predicted molar refractivity (Wildman–Crippen MR) is 82.2 cm³/mol. The van der Waals surface area contributed by atoms with E-state index in [2.05, 4.69) is 10.5 Å². The van der Waals surface area contributed by atoms with Crippen molar-refractivity contribution in [2.24, 2.45) is 0 Å². The Labute approximate surface area is 127 Å². The normalized spacial score (nSPS) is 10.4. The molecule has 0 aliphatic rings. The van der Waals surface area contributed by atoms with E-state index in [1.54, 1.807) is 24.3 Å². The maximum Gasteiger partial charge on any atom is 0.230 e. The van der Waals surface area contributed by atoms with Crippen LogP contribution in [-0.2, 0) is 11.2 Å². The molecule has 0 saturated heterocycles. The Balaban J connectivity index is 1.82. The smallest absolute Gasteiger partial charge is 0.230 e. The zero-order valence-corrected chi connectivity index (χ0v) is 12.0. The zero-order valence-electron chi connectivity index (χ0n) is 12.0. The molecule has 1 heterocycles. The predicted octanol–water partition coefficient (Wildman–Crippen LogP) is 3.19. The summed E-state index contributed by atoms with van der Waals surface area (Å²) in [5.74, 6) is -0.237. The van der Waals surface area contributed by atoms with Crippen LogP contribution in [0.5, 0.6) is 0 Å². The van der Waals surface area contributed by atoms with Gasteiger partial charge < -0.3 is 9.84 Å². The van der Waals surface area contributed by atoms with Gasteiger partial charge in [-0.2, -0.15) is 5.26 Å². The van der Waals surface area contributed by atoms with E-state index in [1.807, 2.05) is 31.2 Å². The lowest BCUT2D eigenvalue weighted by Crippen LogP contribution is -2.15. The summed E-state index contributed by atoms with van der Waals surface area (Å²) in [7, 11) is 0. The Bertz CT molecular complexity index is 890. The summed E-state index contributed by atoms with van der Waals surface area (Å²) in [5, 5.41) is 16.6. The molecule has 0 spiro atoms. The average Bonchev–Trinajstić information content (AvgIpc) is 2.90. The van der Waals surface area contributed by atoms with Gasteiger partial charge in [0.2, 0.25) is 5.91 Å². The van der Waals surface area contributed by atoms with Crippen LogP contribution in [0.2, 0.25) is 0 Å². The van der Waals surface area contributed by atoms with Gasteiger partial charge >= 0.3 is 0 Å². The minimum Gasteiger partial charge on any atom is -0.356 e. The van der Waals surface area contributed by atoms with Crippen LogP contribution < -0.4 is 5.32 Å². The molecule has 22 heavy (non-hydrogen) atoms. The first-order valence-electron chi connectivity index (χ1n) is 6.81. The fraction of sp³-hybridized carbons (Fsp3) is 0.118. The summed E-state index contributed by atoms with van der Waals surface area (Å²) in [6.07, 6.45) is 0.0935. The highest BCUT2D eigenvalue weighted by atomic mass is 16.5. The number of rotatable bonds is 3. The summed E-state index contributed by atoms with van der Waals surface area (Å²) in [4.78, 5) is 12.2. The molecule has 0 unspecified atom stereocenters. The summed E-state index contributed by atoms with van der Waals surface area (Å²) < 4.78 is 5.22.